The molecule has 1 aromatic heterocycles. The molecule has 1 heterocycles. The van der Waals surface area contributed by atoms with E-state index in [4.69, 9.17) is 5.11 Å². The predicted octanol–water partition coefficient (Wildman–Crippen LogP) is 1.85. The second-order valence-corrected chi connectivity index (χ2v) is 3.21. The third-order valence-electron chi connectivity index (χ3n) is 1.51. The van der Waals surface area contributed by atoms with E-state index in [9.17, 15) is 14.9 Å². The van der Waals surface area contributed by atoms with Gasteiger partial charge in [0.15, 0.2) is 0 Å². The highest BCUT2D eigenvalue weighted by molar-refractivity contribution is 9.10. The Balaban J connectivity index is 3.25. The second-order valence-electron chi connectivity index (χ2n) is 2.46. The minimum atomic E-state index is -1.18. The summed E-state index contributed by atoms with van der Waals surface area (Å²) in [5.74, 6) is -1.18. The lowest BCUT2D eigenvalue weighted by molar-refractivity contribution is -0.385. The molecule has 0 fully saturated rings. The van der Waals surface area contributed by atoms with E-state index in [1.54, 1.807) is 0 Å². The van der Waals surface area contributed by atoms with E-state index in [-0.39, 0.29) is 15.9 Å². The van der Waals surface area contributed by atoms with Crippen LogP contribution >= 0.6 is 15.9 Å². The fourth-order valence-electron chi connectivity index (χ4n) is 0.906. The van der Waals surface area contributed by atoms with Gasteiger partial charge in [0.2, 0.25) is 0 Å². The van der Waals surface area contributed by atoms with Crippen molar-refractivity contribution in [3.63, 3.8) is 0 Å². The summed E-state index contributed by atoms with van der Waals surface area (Å²) in [6.07, 6.45) is 3.20. The fraction of sp³-hybridized carbons (Fsp3) is 0. The molecule has 0 atom stereocenters. The first-order valence-corrected chi connectivity index (χ1v) is 4.51. The molecule has 1 rings (SSSR count). The third kappa shape index (κ3) is 2.84. The van der Waals surface area contributed by atoms with Crippen LogP contribution in [0.2, 0.25) is 0 Å². The molecular weight excluding hydrogens is 268 g/mol. The number of hydrogen-bond acceptors (Lipinski definition) is 4. The number of carboxylic acid groups (broad SMARTS) is 1. The topological polar surface area (TPSA) is 93.3 Å². The van der Waals surface area contributed by atoms with E-state index in [1.807, 2.05) is 0 Å². The van der Waals surface area contributed by atoms with E-state index in [0.717, 1.165) is 12.2 Å². The van der Waals surface area contributed by atoms with Crippen LogP contribution in [0.5, 0.6) is 0 Å². The van der Waals surface area contributed by atoms with E-state index in [1.165, 1.54) is 12.3 Å². The van der Waals surface area contributed by atoms with E-state index in [0.29, 0.717) is 0 Å². The minimum Gasteiger partial charge on any atom is -0.478 e. The molecule has 7 heteroatoms. The first-order valence-electron chi connectivity index (χ1n) is 3.72. The largest absolute Gasteiger partial charge is 0.478 e. The molecule has 1 aromatic rings. The van der Waals surface area contributed by atoms with Crippen molar-refractivity contribution in [2.45, 2.75) is 0 Å². The molecule has 0 aliphatic carbocycles. The minimum absolute atomic E-state index is 0.130. The van der Waals surface area contributed by atoms with Crippen LogP contribution in [0.15, 0.2) is 22.9 Å². The molecule has 0 unspecified atom stereocenters. The van der Waals surface area contributed by atoms with Gasteiger partial charge in [-0.1, -0.05) is 0 Å². The molecule has 1 N–H and O–H groups in total. The van der Waals surface area contributed by atoms with Crippen molar-refractivity contribution in [1.82, 2.24) is 4.98 Å². The number of carbonyl (C=O) groups is 1. The highest BCUT2D eigenvalue weighted by atomic mass is 79.9. The zero-order valence-corrected chi connectivity index (χ0v) is 8.84. The van der Waals surface area contributed by atoms with Crippen LogP contribution in [-0.4, -0.2) is 21.0 Å². The van der Waals surface area contributed by atoms with Gasteiger partial charge in [0.05, 0.1) is 10.5 Å². The van der Waals surface area contributed by atoms with Crippen LogP contribution in [0, 0.1) is 10.1 Å². The van der Waals surface area contributed by atoms with Gasteiger partial charge in [-0.2, -0.15) is 0 Å². The smallest absolute Gasteiger partial charge is 0.328 e. The lowest BCUT2D eigenvalue weighted by atomic mass is 10.2. The maximum absolute atomic E-state index is 10.6. The lowest BCUT2D eigenvalue weighted by Crippen LogP contribution is -1.94. The zero-order valence-electron chi connectivity index (χ0n) is 7.25. The number of halogens is 1. The monoisotopic (exact) mass is 272 g/mol. The Morgan fingerprint density at radius 1 is 1.67 bits per heavy atom. The SMILES string of the molecule is O=C(O)/C=C/c1c([N+](=O)[O-])ccnc1Br. The van der Waals surface area contributed by atoms with Gasteiger partial charge in [-0.25, -0.2) is 9.78 Å². The standard InChI is InChI=1S/C8H5BrN2O4/c9-8-5(1-2-7(12)13)6(11(14)15)3-4-10-8/h1-4H,(H,12,13)/b2-1+. The van der Waals surface area contributed by atoms with Crippen molar-refractivity contribution in [2.75, 3.05) is 0 Å². The first-order chi connectivity index (χ1) is 7.02. The van der Waals surface area contributed by atoms with Crippen LogP contribution in [0.4, 0.5) is 5.69 Å². The second kappa shape index (κ2) is 4.65. The summed E-state index contributed by atoms with van der Waals surface area (Å²) in [4.78, 5) is 24.0. The summed E-state index contributed by atoms with van der Waals surface area (Å²) in [7, 11) is 0. The van der Waals surface area contributed by atoms with Crippen molar-refractivity contribution >= 4 is 33.7 Å². The average Bonchev–Trinajstić information content (AvgIpc) is 2.15. The Hall–Kier alpha value is -1.76. The maximum atomic E-state index is 10.6. The Morgan fingerprint density at radius 2 is 2.33 bits per heavy atom. The number of nitrogens with zero attached hydrogens (tertiary/aromatic N) is 2. The van der Waals surface area contributed by atoms with E-state index >= 15 is 0 Å². The van der Waals surface area contributed by atoms with Crippen molar-refractivity contribution in [3.8, 4) is 0 Å². The Bertz CT molecular complexity index is 444. The number of hydrogen-bond donors (Lipinski definition) is 1. The van der Waals surface area contributed by atoms with Crippen LogP contribution < -0.4 is 0 Å². The number of aromatic nitrogens is 1. The number of rotatable bonds is 3. The van der Waals surface area contributed by atoms with Crippen LogP contribution in [0.25, 0.3) is 6.08 Å². The highest BCUT2D eigenvalue weighted by Gasteiger charge is 2.14. The number of nitro groups is 1. The molecule has 0 spiro atoms. The maximum Gasteiger partial charge on any atom is 0.328 e. The number of aliphatic carboxylic acids is 1. The summed E-state index contributed by atoms with van der Waals surface area (Å²) in [5.41, 5.74) is -0.0701. The van der Waals surface area contributed by atoms with Crippen LogP contribution in [-0.2, 0) is 4.79 Å². The number of carboxylic acids is 1. The van der Waals surface area contributed by atoms with Gasteiger partial charge < -0.3 is 5.11 Å². The van der Waals surface area contributed by atoms with E-state index < -0.39 is 10.9 Å². The summed E-state index contributed by atoms with van der Waals surface area (Å²) >= 11 is 3.01. The molecule has 0 saturated heterocycles. The molecule has 6 nitrogen and oxygen atoms in total. The molecule has 0 saturated carbocycles. The van der Waals surface area contributed by atoms with Crippen LogP contribution in [0.3, 0.4) is 0 Å². The van der Waals surface area contributed by atoms with Gasteiger partial charge in [-0.05, 0) is 22.0 Å². The first kappa shape index (κ1) is 11.3. The average molecular weight is 273 g/mol. The van der Waals surface area contributed by atoms with Gasteiger partial charge in [0.1, 0.15) is 4.60 Å². The van der Waals surface area contributed by atoms with Crippen molar-refractivity contribution in [2.24, 2.45) is 0 Å². The normalized spacial score (nSPS) is 10.5. The Morgan fingerprint density at radius 3 is 2.87 bits per heavy atom. The molecule has 0 amide bonds. The van der Waals surface area contributed by atoms with Crippen LogP contribution in [0.1, 0.15) is 5.56 Å². The molecule has 15 heavy (non-hydrogen) atoms. The summed E-state index contributed by atoms with van der Waals surface area (Å²) < 4.78 is 0.231. The summed E-state index contributed by atoms with van der Waals surface area (Å²) in [6, 6.07) is 1.20. The molecule has 0 bridgehead atoms. The number of pyridine rings is 1. The summed E-state index contributed by atoms with van der Waals surface area (Å²) in [6.45, 7) is 0. The Kier molecular flexibility index (Phi) is 3.51. The van der Waals surface area contributed by atoms with Gasteiger partial charge in [0.25, 0.3) is 5.69 Å². The molecular formula is C8H5BrN2O4. The zero-order chi connectivity index (χ0) is 11.4. The Labute approximate surface area is 92.5 Å². The van der Waals surface area contributed by atoms with Crippen molar-refractivity contribution in [1.29, 1.82) is 0 Å². The van der Waals surface area contributed by atoms with Crippen molar-refractivity contribution < 1.29 is 14.8 Å². The predicted molar refractivity (Wildman–Crippen MR) is 55.3 cm³/mol. The fourth-order valence-corrected chi connectivity index (χ4v) is 1.36. The molecule has 0 aromatic carbocycles. The molecule has 0 radical (unpaired) electrons. The van der Waals surface area contributed by atoms with Gasteiger partial charge in [0, 0.05) is 18.3 Å². The molecule has 0 aliphatic heterocycles. The van der Waals surface area contributed by atoms with E-state index in [2.05, 4.69) is 20.9 Å². The van der Waals surface area contributed by atoms with Gasteiger partial charge in [-0.15, -0.1) is 0 Å². The third-order valence-corrected chi connectivity index (χ3v) is 2.14. The quantitative estimate of drug-likeness (QED) is 0.392. The summed E-state index contributed by atoms with van der Waals surface area (Å²) in [5, 5.41) is 19.0. The van der Waals surface area contributed by atoms with Gasteiger partial charge >= 0.3 is 5.97 Å². The lowest BCUT2D eigenvalue weighted by Gasteiger charge is -1.98. The van der Waals surface area contributed by atoms with Crippen molar-refractivity contribution in [3.05, 3.63) is 38.6 Å². The molecule has 78 valence electrons. The molecule has 0 aliphatic rings. The van der Waals surface area contributed by atoms with Gasteiger partial charge in [-0.3, -0.25) is 10.1 Å². The highest BCUT2D eigenvalue weighted by Crippen LogP contribution is 2.25.